The Kier molecular flexibility index (Phi) is 7.10. The predicted molar refractivity (Wildman–Crippen MR) is 141 cm³/mol. The average Bonchev–Trinajstić information content (AvgIpc) is 3.60. The van der Waals surface area contributed by atoms with Crippen LogP contribution in [-0.2, 0) is 4.79 Å². The van der Waals surface area contributed by atoms with Crippen LogP contribution in [0.25, 0.3) is 0 Å². The molecule has 40 heavy (non-hydrogen) atoms. The number of aromatic amines is 1. The molecule has 16 heteroatoms. The molecule has 1 amide bonds. The number of rotatable bonds is 9. The van der Waals surface area contributed by atoms with Gasteiger partial charge in [0.1, 0.15) is 11.9 Å². The second-order valence-electron chi connectivity index (χ2n) is 10.2. The molecule has 0 aromatic carbocycles. The summed E-state index contributed by atoms with van der Waals surface area (Å²) >= 11 is 0. The second-order valence-corrected chi connectivity index (χ2v) is 10.2. The molecule has 2 saturated heterocycles. The third-order valence-electron chi connectivity index (χ3n) is 7.17. The average molecular weight is 557 g/mol. The van der Waals surface area contributed by atoms with Gasteiger partial charge in [0, 0.05) is 63.5 Å². The molecule has 4 N–H and O–H groups in total. The highest BCUT2D eigenvalue weighted by molar-refractivity contribution is 5.96. The number of nitrogens with zero attached hydrogens (tertiary/aromatic N) is 9. The topological polar surface area (TPSA) is 164 Å². The van der Waals surface area contributed by atoms with Crippen LogP contribution < -0.4 is 20.4 Å². The first-order chi connectivity index (χ1) is 19.4. The van der Waals surface area contributed by atoms with Crippen molar-refractivity contribution in [3.05, 3.63) is 30.4 Å². The van der Waals surface area contributed by atoms with E-state index >= 15 is 0 Å². The van der Waals surface area contributed by atoms with E-state index in [9.17, 15) is 18.7 Å². The summed E-state index contributed by atoms with van der Waals surface area (Å²) in [6, 6.07) is 0.644. The summed E-state index contributed by atoms with van der Waals surface area (Å²) in [6.07, 6.45) is 5.67. The first-order valence-electron chi connectivity index (χ1n) is 13.2. The monoisotopic (exact) mass is 556 g/mol. The zero-order valence-electron chi connectivity index (χ0n) is 21.7. The molecule has 0 bridgehead atoms. The first-order valence-corrected chi connectivity index (χ1v) is 13.2. The minimum absolute atomic E-state index is 0.0382. The Hall–Kier alpha value is -4.05. The molecule has 0 radical (unpaired) electrons. The number of carbonyl (C=O) groups is 1. The Labute approximate surface area is 228 Å². The van der Waals surface area contributed by atoms with Crippen LogP contribution in [-0.4, -0.2) is 109 Å². The van der Waals surface area contributed by atoms with Gasteiger partial charge in [0.2, 0.25) is 23.8 Å². The zero-order valence-corrected chi connectivity index (χ0v) is 21.7. The highest BCUT2D eigenvalue weighted by atomic mass is 19.3. The number of halogens is 2. The number of piperazine rings is 1. The van der Waals surface area contributed by atoms with Crippen LogP contribution >= 0.6 is 0 Å². The molecule has 1 aliphatic carbocycles. The molecular formula is C24H30F2N12O2. The third kappa shape index (κ3) is 5.91. The van der Waals surface area contributed by atoms with Gasteiger partial charge in [-0.1, -0.05) is 0 Å². The Morgan fingerprint density at radius 1 is 1.12 bits per heavy atom. The summed E-state index contributed by atoms with van der Waals surface area (Å²) in [6.45, 7) is 2.42. The Morgan fingerprint density at radius 2 is 1.93 bits per heavy atom. The summed E-state index contributed by atoms with van der Waals surface area (Å²) in [5.41, 5.74) is 0.942. The van der Waals surface area contributed by atoms with Gasteiger partial charge in [-0.2, -0.15) is 20.1 Å². The van der Waals surface area contributed by atoms with Crippen molar-refractivity contribution in [2.75, 3.05) is 66.3 Å². The van der Waals surface area contributed by atoms with Crippen LogP contribution in [0, 0.1) is 0 Å². The van der Waals surface area contributed by atoms with Gasteiger partial charge in [0.05, 0.1) is 25.0 Å². The number of anilines is 5. The fourth-order valence-electron chi connectivity index (χ4n) is 4.94. The van der Waals surface area contributed by atoms with Gasteiger partial charge in [0.25, 0.3) is 5.92 Å². The number of nitrogens with one attached hydrogen (secondary N) is 3. The van der Waals surface area contributed by atoms with Crippen LogP contribution in [0.2, 0.25) is 0 Å². The van der Waals surface area contributed by atoms with Crippen LogP contribution in [0.3, 0.4) is 0 Å². The van der Waals surface area contributed by atoms with Gasteiger partial charge in [-0.05, 0) is 12.8 Å². The van der Waals surface area contributed by atoms with E-state index < -0.39 is 30.8 Å². The molecule has 212 valence electrons. The maximum Gasteiger partial charge on any atom is 0.267 e. The molecule has 1 unspecified atom stereocenters. The number of aliphatic hydroxyl groups excluding tert-OH is 1. The molecule has 14 nitrogen and oxygen atoms in total. The highest BCUT2D eigenvalue weighted by Crippen LogP contribution is 2.40. The van der Waals surface area contributed by atoms with Crippen molar-refractivity contribution in [1.29, 1.82) is 0 Å². The normalized spacial score (nSPS) is 21.0. The number of H-pyrrole nitrogens is 1. The van der Waals surface area contributed by atoms with E-state index in [0.717, 1.165) is 18.5 Å². The summed E-state index contributed by atoms with van der Waals surface area (Å²) in [5.74, 6) is -2.21. The summed E-state index contributed by atoms with van der Waals surface area (Å²) in [7, 11) is 0. The maximum atomic E-state index is 14.7. The zero-order chi connectivity index (χ0) is 27.7. The molecule has 3 fully saturated rings. The molecule has 3 aliphatic rings. The van der Waals surface area contributed by atoms with E-state index in [0.29, 0.717) is 50.4 Å². The predicted octanol–water partition coefficient (Wildman–Crippen LogP) is 0.973. The van der Waals surface area contributed by atoms with Crippen LogP contribution in [0.4, 0.5) is 38.3 Å². The number of aliphatic hydroxyl groups is 1. The Morgan fingerprint density at radius 3 is 2.65 bits per heavy atom. The molecule has 0 spiro atoms. The second kappa shape index (κ2) is 10.8. The smallest absolute Gasteiger partial charge is 0.267 e. The van der Waals surface area contributed by atoms with Crippen LogP contribution in [0.1, 0.15) is 30.9 Å². The molecule has 5 heterocycles. The summed E-state index contributed by atoms with van der Waals surface area (Å²) in [5, 5.41) is 22.2. The minimum atomic E-state index is -3.14. The van der Waals surface area contributed by atoms with Gasteiger partial charge in [0.15, 0.2) is 5.82 Å². The lowest BCUT2D eigenvalue weighted by Gasteiger charge is -2.34. The highest BCUT2D eigenvalue weighted by Gasteiger charge is 2.49. The number of carbonyl (C=O) groups excluding carboxylic acids is 1. The number of alkyl halides is 2. The van der Waals surface area contributed by atoms with Crippen molar-refractivity contribution >= 4 is 35.4 Å². The van der Waals surface area contributed by atoms with Gasteiger partial charge >= 0.3 is 0 Å². The molecule has 2 aliphatic heterocycles. The number of aromatic nitrogens is 7. The van der Waals surface area contributed by atoms with E-state index in [1.807, 2.05) is 11.0 Å². The van der Waals surface area contributed by atoms with Crippen molar-refractivity contribution in [1.82, 2.24) is 40.0 Å². The quantitative estimate of drug-likeness (QED) is 0.296. The standard InChI is InChI=1S/C24H30F2N12O2/c25-24(26)12-17(20(40)29-19-13-27-3-4-28-19)38(14-24)23-32-21(30-18-11-16(34-35-18)15-1-2-15)31-22(33-23)37-7-5-36(6-8-37)9-10-39/h3-4,11,13,15,17,39H,1-2,5-10,12,14H2,(H,28,29,40)(H2,30,31,32,33,34,35). The van der Waals surface area contributed by atoms with Crippen molar-refractivity contribution in [3.8, 4) is 0 Å². The fraction of sp³-hybridized carbons (Fsp3) is 0.542. The molecule has 3 aromatic rings. The van der Waals surface area contributed by atoms with E-state index in [1.165, 1.54) is 23.5 Å². The van der Waals surface area contributed by atoms with E-state index in [-0.39, 0.29) is 24.3 Å². The third-order valence-corrected chi connectivity index (χ3v) is 7.17. The first kappa shape index (κ1) is 26.2. The van der Waals surface area contributed by atoms with Gasteiger partial charge in [-0.3, -0.25) is 19.8 Å². The fourth-order valence-corrected chi connectivity index (χ4v) is 4.94. The van der Waals surface area contributed by atoms with Gasteiger partial charge < -0.3 is 25.5 Å². The lowest BCUT2D eigenvalue weighted by molar-refractivity contribution is -0.118. The van der Waals surface area contributed by atoms with E-state index in [2.05, 4.69) is 50.7 Å². The molecular weight excluding hydrogens is 526 g/mol. The van der Waals surface area contributed by atoms with Crippen molar-refractivity contribution in [2.24, 2.45) is 0 Å². The molecule has 6 rings (SSSR count). The SMILES string of the molecule is O=C(Nc1cnccn1)C1CC(F)(F)CN1c1nc(Nc2cc(C3CC3)n[nH]2)nc(N2CCN(CCO)CC2)n1. The Balaban J connectivity index is 1.29. The number of amides is 1. The maximum absolute atomic E-state index is 14.7. The largest absolute Gasteiger partial charge is 0.395 e. The molecule has 1 atom stereocenters. The van der Waals surface area contributed by atoms with Crippen LogP contribution in [0.15, 0.2) is 24.7 Å². The molecule has 1 saturated carbocycles. The summed E-state index contributed by atoms with van der Waals surface area (Å²) < 4.78 is 29.5. The lowest BCUT2D eigenvalue weighted by atomic mass is 10.2. The minimum Gasteiger partial charge on any atom is -0.395 e. The van der Waals surface area contributed by atoms with Gasteiger partial charge in [-0.25, -0.2) is 13.8 Å². The Bertz CT molecular complexity index is 1330. The van der Waals surface area contributed by atoms with E-state index in [4.69, 9.17) is 0 Å². The lowest BCUT2D eigenvalue weighted by Crippen LogP contribution is -2.48. The van der Waals surface area contributed by atoms with Crippen LogP contribution in [0.5, 0.6) is 0 Å². The summed E-state index contributed by atoms with van der Waals surface area (Å²) in [4.78, 5) is 39.9. The van der Waals surface area contributed by atoms with Crippen molar-refractivity contribution in [3.63, 3.8) is 0 Å². The van der Waals surface area contributed by atoms with Crippen molar-refractivity contribution in [2.45, 2.75) is 37.1 Å². The number of hydrogen-bond donors (Lipinski definition) is 4. The van der Waals surface area contributed by atoms with Gasteiger partial charge in [-0.15, -0.1) is 0 Å². The molecule has 3 aromatic heterocycles. The number of hydrogen-bond acceptors (Lipinski definition) is 12. The van der Waals surface area contributed by atoms with Crippen molar-refractivity contribution < 1.29 is 18.7 Å². The number of β-amino-alcohol motifs (C(OH)–C–C–N with tert-alkyl or cyclic N) is 1. The van der Waals surface area contributed by atoms with E-state index in [1.54, 1.807) is 0 Å².